The van der Waals surface area contributed by atoms with Gasteiger partial charge in [-0.25, -0.2) is 0 Å². The average molecular weight is 363 g/mol. The van der Waals surface area contributed by atoms with Crippen molar-refractivity contribution in [3.05, 3.63) is 71.8 Å². The van der Waals surface area contributed by atoms with E-state index in [2.05, 4.69) is 53.4 Å². The number of nitrogens with zero attached hydrogens (tertiary/aromatic N) is 1. The van der Waals surface area contributed by atoms with E-state index in [9.17, 15) is 9.67 Å². The molecule has 25 heavy (non-hydrogen) atoms. The molecule has 1 fully saturated rings. The molecule has 0 unspecified atom stereocenters. The second-order valence-corrected chi connectivity index (χ2v) is 8.35. The van der Waals surface area contributed by atoms with Gasteiger partial charge >= 0.3 is 7.60 Å². The quantitative estimate of drug-likeness (QED) is 0.688. The molecule has 0 saturated heterocycles. The Kier molecular flexibility index (Phi) is 6.94. The highest BCUT2D eigenvalue weighted by Gasteiger charge is 2.41. The van der Waals surface area contributed by atoms with Gasteiger partial charge in [-0.2, -0.15) is 0 Å². The SMILES string of the molecule is CP(=O)(O)O.OC1(CN(Cc2ccccc2)Cc2ccccc2)CC1. The third-order valence-corrected chi connectivity index (χ3v) is 3.84. The minimum Gasteiger partial charge on any atom is -0.389 e. The molecule has 1 aliphatic carbocycles. The number of hydrogen-bond donors (Lipinski definition) is 3. The molecule has 1 aliphatic rings. The number of rotatable bonds is 6. The van der Waals surface area contributed by atoms with Gasteiger partial charge in [0.1, 0.15) is 0 Å². The van der Waals surface area contributed by atoms with Crippen molar-refractivity contribution in [3.8, 4) is 0 Å². The van der Waals surface area contributed by atoms with E-state index in [1.54, 1.807) is 0 Å². The zero-order valence-corrected chi connectivity index (χ0v) is 15.3. The molecule has 6 heteroatoms. The summed E-state index contributed by atoms with van der Waals surface area (Å²) in [5.41, 5.74) is 2.16. The van der Waals surface area contributed by atoms with Gasteiger partial charge in [-0.05, 0) is 24.0 Å². The predicted molar refractivity (Wildman–Crippen MR) is 99.1 cm³/mol. The molecule has 0 spiro atoms. The Morgan fingerprint density at radius 1 is 0.920 bits per heavy atom. The van der Waals surface area contributed by atoms with Crippen LogP contribution in [0.5, 0.6) is 0 Å². The molecular weight excluding hydrogens is 337 g/mol. The Hall–Kier alpha value is -1.49. The molecule has 1 saturated carbocycles. The molecule has 0 amide bonds. The van der Waals surface area contributed by atoms with Gasteiger partial charge < -0.3 is 14.9 Å². The van der Waals surface area contributed by atoms with E-state index < -0.39 is 13.2 Å². The lowest BCUT2D eigenvalue weighted by atomic mass is 10.1. The maximum Gasteiger partial charge on any atom is 0.322 e. The van der Waals surface area contributed by atoms with Crippen molar-refractivity contribution in [3.63, 3.8) is 0 Å². The van der Waals surface area contributed by atoms with Crippen molar-refractivity contribution in [1.29, 1.82) is 0 Å². The van der Waals surface area contributed by atoms with Crippen LogP contribution in [0.4, 0.5) is 0 Å². The van der Waals surface area contributed by atoms with Crippen LogP contribution in [0.1, 0.15) is 24.0 Å². The zero-order valence-electron chi connectivity index (χ0n) is 14.5. The van der Waals surface area contributed by atoms with Crippen LogP contribution >= 0.6 is 7.60 Å². The molecule has 2 aromatic carbocycles. The molecule has 3 N–H and O–H groups in total. The first-order valence-corrected chi connectivity index (χ1v) is 10.4. The van der Waals surface area contributed by atoms with Gasteiger partial charge in [0, 0.05) is 26.3 Å². The molecule has 2 aromatic rings. The van der Waals surface area contributed by atoms with E-state index in [0.29, 0.717) is 0 Å². The summed E-state index contributed by atoms with van der Waals surface area (Å²) in [5.74, 6) is 0. The van der Waals surface area contributed by atoms with Crippen molar-refractivity contribution in [2.75, 3.05) is 13.2 Å². The van der Waals surface area contributed by atoms with Gasteiger partial charge in [-0.15, -0.1) is 0 Å². The summed E-state index contributed by atoms with van der Waals surface area (Å²) >= 11 is 0. The highest BCUT2D eigenvalue weighted by Crippen LogP contribution is 2.36. The van der Waals surface area contributed by atoms with E-state index in [1.807, 2.05) is 12.1 Å². The summed E-state index contributed by atoms with van der Waals surface area (Å²) in [5, 5.41) is 10.2. The zero-order chi connectivity index (χ0) is 18.3. The van der Waals surface area contributed by atoms with Gasteiger partial charge in [0.2, 0.25) is 0 Å². The summed E-state index contributed by atoms with van der Waals surface area (Å²) < 4.78 is 9.33. The fraction of sp³-hybridized carbons (Fsp3) is 0.368. The monoisotopic (exact) mass is 363 g/mol. The maximum absolute atomic E-state index is 10.2. The molecule has 0 atom stereocenters. The first-order chi connectivity index (χ1) is 11.7. The molecule has 3 rings (SSSR count). The second-order valence-electron chi connectivity index (χ2n) is 6.68. The van der Waals surface area contributed by atoms with E-state index in [-0.39, 0.29) is 0 Å². The summed E-state index contributed by atoms with van der Waals surface area (Å²) in [6.45, 7) is 3.39. The molecule has 136 valence electrons. The highest BCUT2D eigenvalue weighted by atomic mass is 31.2. The summed E-state index contributed by atoms with van der Waals surface area (Å²) in [7, 11) is -3.64. The minimum atomic E-state index is -3.64. The van der Waals surface area contributed by atoms with Crippen LogP contribution in [0.15, 0.2) is 60.7 Å². The van der Waals surface area contributed by atoms with Crippen LogP contribution in [0.2, 0.25) is 0 Å². The van der Waals surface area contributed by atoms with Crippen LogP contribution in [0.25, 0.3) is 0 Å². The van der Waals surface area contributed by atoms with Gasteiger partial charge in [0.25, 0.3) is 0 Å². The first-order valence-electron chi connectivity index (χ1n) is 8.29. The molecule has 0 radical (unpaired) electrons. The van der Waals surface area contributed by atoms with Crippen LogP contribution in [0, 0.1) is 0 Å². The number of aliphatic hydroxyl groups is 1. The van der Waals surface area contributed by atoms with E-state index >= 15 is 0 Å². The molecule has 0 aromatic heterocycles. The molecule has 0 aliphatic heterocycles. The number of benzene rings is 2. The lowest BCUT2D eigenvalue weighted by Gasteiger charge is -2.25. The standard InChI is InChI=1S/C18H21NO.CH5O3P/c20-18(11-12-18)15-19(13-16-7-3-1-4-8-16)14-17-9-5-2-6-10-17;1-5(2,3)4/h1-10,20H,11-15H2;1H3,(H2,2,3,4). The van der Waals surface area contributed by atoms with Crippen molar-refractivity contribution >= 4 is 7.60 Å². The highest BCUT2D eigenvalue weighted by molar-refractivity contribution is 7.50. The smallest absolute Gasteiger partial charge is 0.322 e. The van der Waals surface area contributed by atoms with Gasteiger partial charge in [-0.3, -0.25) is 9.46 Å². The van der Waals surface area contributed by atoms with Gasteiger partial charge in [0.05, 0.1) is 5.60 Å². The minimum absolute atomic E-state index is 0.441. The van der Waals surface area contributed by atoms with Crippen LogP contribution in [-0.2, 0) is 17.7 Å². The Morgan fingerprint density at radius 3 is 1.60 bits per heavy atom. The lowest BCUT2D eigenvalue weighted by Crippen LogP contribution is -2.32. The fourth-order valence-electron chi connectivity index (χ4n) is 2.57. The lowest BCUT2D eigenvalue weighted by molar-refractivity contribution is 0.0844. The van der Waals surface area contributed by atoms with Crippen molar-refractivity contribution in [2.24, 2.45) is 0 Å². The van der Waals surface area contributed by atoms with Gasteiger partial charge in [0.15, 0.2) is 0 Å². The summed E-state index contributed by atoms with van der Waals surface area (Å²) in [4.78, 5) is 17.6. The Bertz CT molecular complexity index is 633. The normalized spacial score (nSPS) is 15.4. The summed E-state index contributed by atoms with van der Waals surface area (Å²) in [6.07, 6.45) is 1.88. The third-order valence-electron chi connectivity index (χ3n) is 3.84. The second kappa shape index (κ2) is 8.75. The Labute approximate surface area is 149 Å². The topological polar surface area (TPSA) is 81.0 Å². The molecule has 0 heterocycles. The van der Waals surface area contributed by atoms with E-state index in [1.165, 1.54) is 11.1 Å². The maximum atomic E-state index is 10.2. The van der Waals surface area contributed by atoms with Crippen molar-refractivity contribution in [2.45, 2.75) is 31.5 Å². The first kappa shape index (κ1) is 19.8. The Balaban J connectivity index is 0.000000399. The third kappa shape index (κ3) is 8.96. The molecule has 0 bridgehead atoms. The molecular formula is C19H26NO4P. The van der Waals surface area contributed by atoms with Crippen LogP contribution < -0.4 is 0 Å². The van der Waals surface area contributed by atoms with Crippen LogP contribution in [-0.4, -0.2) is 38.6 Å². The largest absolute Gasteiger partial charge is 0.389 e. The van der Waals surface area contributed by atoms with Gasteiger partial charge in [-0.1, -0.05) is 60.7 Å². The fourth-order valence-corrected chi connectivity index (χ4v) is 2.57. The van der Waals surface area contributed by atoms with Crippen molar-refractivity contribution in [1.82, 2.24) is 4.90 Å². The molecule has 5 nitrogen and oxygen atoms in total. The van der Waals surface area contributed by atoms with Crippen LogP contribution in [0.3, 0.4) is 0 Å². The number of hydrogen-bond acceptors (Lipinski definition) is 3. The van der Waals surface area contributed by atoms with E-state index in [0.717, 1.165) is 39.1 Å². The average Bonchev–Trinajstić information content (AvgIpc) is 3.24. The predicted octanol–water partition coefficient (Wildman–Crippen LogP) is 3.01. The van der Waals surface area contributed by atoms with Crippen molar-refractivity contribution < 1.29 is 19.5 Å². The van der Waals surface area contributed by atoms with E-state index in [4.69, 9.17) is 9.79 Å². The Morgan fingerprint density at radius 2 is 1.28 bits per heavy atom. The summed E-state index contributed by atoms with van der Waals surface area (Å²) in [6, 6.07) is 21.0.